The summed E-state index contributed by atoms with van der Waals surface area (Å²) < 4.78 is 6.74. The number of aliphatic imine (C=N–C) groups is 1. The van der Waals surface area contributed by atoms with E-state index >= 15 is 0 Å². The van der Waals surface area contributed by atoms with Crippen LogP contribution in [-0.2, 0) is 4.79 Å². The first-order valence-electron chi connectivity index (χ1n) is 11.7. The maximum atomic E-state index is 13.4. The number of hydrogen-bond acceptors (Lipinski definition) is 7. The molecule has 1 atom stereocenters. The van der Waals surface area contributed by atoms with Crippen LogP contribution in [0.25, 0.3) is 11.1 Å². The lowest BCUT2D eigenvalue weighted by molar-refractivity contribution is -0.119. The van der Waals surface area contributed by atoms with E-state index < -0.39 is 23.5 Å². The van der Waals surface area contributed by atoms with Crippen LogP contribution in [-0.4, -0.2) is 47.7 Å². The zero-order valence-electron chi connectivity index (χ0n) is 21.5. The minimum absolute atomic E-state index is 0.0523. The number of carbonyl (C=O) groups excluding carboxylic acids is 2. The van der Waals surface area contributed by atoms with Crippen molar-refractivity contribution in [3.63, 3.8) is 0 Å². The van der Waals surface area contributed by atoms with Crippen LogP contribution in [0.4, 0.5) is 5.69 Å². The van der Waals surface area contributed by atoms with E-state index in [0.717, 1.165) is 0 Å². The van der Waals surface area contributed by atoms with E-state index in [4.69, 9.17) is 27.2 Å². The van der Waals surface area contributed by atoms with Crippen molar-refractivity contribution < 1.29 is 24.2 Å². The summed E-state index contributed by atoms with van der Waals surface area (Å²) in [4.78, 5) is 54.1. The zero-order valence-corrected chi connectivity index (χ0v) is 22.2. The number of Topliss-reactive ketones (excluding diaryl/α,β-unsaturated/α-hetero) is 1. The van der Waals surface area contributed by atoms with Crippen molar-refractivity contribution in [2.24, 2.45) is 10.7 Å². The number of carboxylic acid groups (broad SMARTS) is 1. The Morgan fingerprint density at radius 1 is 1.15 bits per heavy atom. The van der Waals surface area contributed by atoms with Crippen molar-refractivity contribution in [1.29, 1.82) is 0 Å². The average Bonchev–Trinajstić information content (AvgIpc) is 2.90. The molecule has 4 N–H and O–H groups in total. The smallest absolute Gasteiger partial charge is 0.335 e. The molecule has 0 fully saturated rings. The molecule has 0 aliphatic heterocycles. The topological polar surface area (TPSA) is 153 Å². The highest BCUT2D eigenvalue weighted by atomic mass is 35.5. The Hall–Kier alpha value is -4.70. The third kappa shape index (κ3) is 6.99. The Kier molecular flexibility index (Phi) is 9.40. The normalized spacial score (nSPS) is 12.3. The number of ether oxygens (including phenoxy) is 1. The van der Waals surface area contributed by atoms with E-state index in [1.807, 2.05) is 0 Å². The van der Waals surface area contributed by atoms with Gasteiger partial charge in [0.25, 0.3) is 5.56 Å². The largest absolute Gasteiger partial charge is 0.495 e. The number of methoxy groups -OCH3 is 1. The molecule has 0 aliphatic rings. The molecule has 202 valence electrons. The Morgan fingerprint density at radius 3 is 2.44 bits per heavy atom. The number of anilines is 1. The molecule has 0 saturated carbocycles. The molecular formula is C28H27ClN4O6. The Labute approximate surface area is 229 Å². The highest BCUT2D eigenvalue weighted by Crippen LogP contribution is 2.34. The SMILES string of the molecule is CN=CC=C(N)CC(C(=O)Nc1ccc(C(=O)O)cc1)n1cc(OC)c(-c2cc(Cl)ccc2C(C)=O)cc1=O. The highest BCUT2D eigenvalue weighted by molar-refractivity contribution is 6.31. The summed E-state index contributed by atoms with van der Waals surface area (Å²) in [7, 11) is 2.96. The van der Waals surface area contributed by atoms with Crippen LogP contribution in [0.15, 0.2) is 76.3 Å². The van der Waals surface area contributed by atoms with Gasteiger partial charge in [-0.05, 0) is 61.0 Å². The van der Waals surface area contributed by atoms with E-state index in [0.29, 0.717) is 27.4 Å². The van der Waals surface area contributed by atoms with Crippen LogP contribution in [0.3, 0.4) is 0 Å². The van der Waals surface area contributed by atoms with E-state index in [2.05, 4.69) is 10.3 Å². The summed E-state index contributed by atoms with van der Waals surface area (Å²) >= 11 is 6.18. The molecule has 0 aliphatic carbocycles. The number of pyridine rings is 1. The average molecular weight is 551 g/mol. The number of aromatic carboxylic acids is 1. The fraction of sp³-hybridized carbons (Fsp3) is 0.179. The number of aromatic nitrogens is 1. The number of nitrogens with one attached hydrogen (secondary N) is 1. The van der Waals surface area contributed by atoms with Crippen molar-refractivity contribution >= 4 is 41.2 Å². The lowest BCUT2D eigenvalue weighted by Crippen LogP contribution is -2.34. The molecule has 0 spiro atoms. The molecule has 1 amide bonds. The van der Waals surface area contributed by atoms with Gasteiger partial charge in [-0.25, -0.2) is 4.79 Å². The fourth-order valence-electron chi connectivity index (χ4n) is 3.89. The maximum absolute atomic E-state index is 13.4. The lowest BCUT2D eigenvalue weighted by Gasteiger charge is -2.22. The van der Waals surface area contributed by atoms with E-state index in [9.17, 15) is 19.2 Å². The van der Waals surface area contributed by atoms with Crippen LogP contribution in [0.5, 0.6) is 5.75 Å². The van der Waals surface area contributed by atoms with Crippen molar-refractivity contribution in [1.82, 2.24) is 4.57 Å². The number of carboxylic acids is 1. The third-order valence-electron chi connectivity index (χ3n) is 5.82. The predicted molar refractivity (Wildman–Crippen MR) is 150 cm³/mol. The van der Waals surface area contributed by atoms with Crippen LogP contribution >= 0.6 is 11.6 Å². The molecule has 3 aromatic rings. The van der Waals surface area contributed by atoms with E-state index in [1.165, 1.54) is 67.4 Å². The molecule has 0 radical (unpaired) electrons. The van der Waals surface area contributed by atoms with E-state index in [1.54, 1.807) is 25.2 Å². The fourth-order valence-corrected chi connectivity index (χ4v) is 4.06. The molecule has 0 saturated heterocycles. The van der Waals surface area contributed by atoms with Crippen LogP contribution in [0, 0.1) is 0 Å². The molecule has 0 bridgehead atoms. The summed E-state index contributed by atoms with van der Waals surface area (Å²) in [5, 5.41) is 12.2. The number of nitrogens with two attached hydrogens (primary N) is 1. The molecule has 39 heavy (non-hydrogen) atoms. The number of amides is 1. The minimum Gasteiger partial charge on any atom is -0.495 e. The summed E-state index contributed by atoms with van der Waals surface area (Å²) in [5.74, 6) is -1.69. The first-order valence-corrected chi connectivity index (χ1v) is 12.1. The van der Waals surface area contributed by atoms with Gasteiger partial charge in [-0.2, -0.15) is 0 Å². The van der Waals surface area contributed by atoms with Gasteiger partial charge in [0.05, 0.1) is 18.9 Å². The Morgan fingerprint density at radius 2 is 1.85 bits per heavy atom. The first kappa shape index (κ1) is 28.9. The molecule has 1 heterocycles. The van der Waals surface area contributed by atoms with Crippen LogP contribution in [0.2, 0.25) is 5.02 Å². The van der Waals surface area contributed by atoms with Gasteiger partial charge >= 0.3 is 5.97 Å². The van der Waals surface area contributed by atoms with Crippen LogP contribution in [0.1, 0.15) is 40.1 Å². The number of ketones is 1. The monoisotopic (exact) mass is 550 g/mol. The summed E-state index contributed by atoms with van der Waals surface area (Å²) in [6.45, 7) is 1.40. The van der Waals surface area contributed by atoms with Crippen LogP contribution < -0.4 is 21.3 Å². The Bertz CT molecular complexity index is 1530. The third-order valence-corrected chi connectivity index (χ3v) is 6.05. The van der Waals surface area contributed by atoms with Gasteiger partial charge in [-0.15, -0.1) is 0 Å². The van der Waals surface area contributed by atoms with Gasteiger partial charge < -0.3 is 20.9 Å². The standard InChI is InChI=1S/C28H27ClN4O6/c1-16(34)21-9-6-18(29)12-22(21)23-14-26(35)33(15-25(23)39-3)24(13-19(30)10-11-31-2)27(36)32-20-7-4-17(5-8-20)28(37)38/h4-12,14-15,24H,13,30H2,1-3H3,(H,32,36)(H,37,38). The van der Waals surface area contributed by atoms with Gasteiger partial charge in [-0.3, -0.25) is 23.9 Å². The number of halogens is 1. The zero-order chi connectivity index (χ0) is 28.7. The number of nitrogens with zero attached hydrogens (tertiary/aromatic N) is 2. The van der Waals surface area contributed by atoms with Gasteiger partial charge in [0, 0.05) is 53.3 Å². The maximum Gasteiger partial charge on any atom is 0.335 e. The second-order valence-electron chi connectivity index (χ2n) is 8.49. The lowest BCUT2D eigenvalue weighted by atomic mass is 9.97. The van der Waals surface area contributed by atoms with Gasteiger partial charge in [0.15, 0.2) is 5.78 Å². The van der Waals surface area contributed by atoms with Crippen molar-refractivity contribution in [3.8, 4) is 16.9 Å². The molecule has 10 nitrogen and oxygen atoms in total. The van der Waals surface area contributed by atoms with Crippen molar-refractivity contribution in [3.05, 3.63) is 93.0 Å². The molecule has 3 rings (SSSR count). The molecule has 1 unspecified atom stereocenters. The summed E-state index contributed by atoms with van der Waals surface area (Å²) in [5.41, 5.74) is 7.32. The summed E-state index contributed by atoms with van der Waals surface area (Å²) in [6, 6.07) is 10.4. The summed E-state index contributed by atoms with van der Waals surface area (Å²) in [6.07, 6.45) is 4.30. The predicted octanol–water partition coefficient (Wildman–Crippen LogP) is 4.19. The Balaban J connectivity index is 2.11. The van der Waals surface area contributed by atoms with Gasteiger partial charge in [0.2, 0.25) is 5.91 Å². The number of allylic oxidation sites excluding steroid dienone is 2. The highest BCUT2D eigenvalue weighted by Gasteiger charge is 2.25. The first-order chi connectivity index (χ1) is 18.5. The minimum atomic E-state index is -1.12. The van der Waals surface area contributed by atoms with Gasteiger partial charge in [-0.1, -0.05) is 11.6 Å². The molecular weight excluding hydrogens is 524 g/mol. The van der Waals surface area contributed by atoms with Crippen molar-refractivity contribution in [2.45, 2.75) is 19.4 Å². The second kappa shape index (κ2) is 12.7. The van der Waals surface area contributed by atoms with Crippen molar-refractivity contribution in [2.75, 3.05) is 19.5 Å². The van der Waals surface area contributed by atoms with E-state index in [-0.39, 0.29) is 29.2 Å². The number of rotatable bonds is 10. The quantitative estimate of drug-likeness (QED) is 0.252. The number of benzene rings is 2. The molecule has 1 aromatic heterocycles. The second-order valence-corrected chi connectivity index (χ2v) is 8.92. The molecule has 2 aromatic carbocycles. The number of hydrogen-bond donors (Lipinski definition) is 3. The van der Waals surface area contributed by atoms with Gasteiger partial charge in [0.1, 0.15) is 11.8 Å². The molecule has 11 heteroatoms. The number of carbonyl (C=O) groups is 3.